The summed E-state index contributed by atoms with van der Waals surface area (Å²) < 4.78 is 0. The summed E-state index contributed by atoms with van der Waals surface area (Å²) in [6.07, 6.45) is 0.661. The molecule has 3 N–H and O–H groups in total. The van der Waals surface area contributed by atoms with Crippen molar-refractivity contribution >= 4 is 11.6 Å². The van der Waals surface area contributed by atoms with Crippen LogP contribution in [0.3, 0.4) is 0 Å². The van der Waals surface area contributed by atoms with Crippen molar-refractivity contribution in [2.45, 2.75) is 18.6 Å². The molecule has 1 heterocycles. The van der Waals surface area contributed by atoms with E-state index in [0.29, 0.717) is 6.42 Å². The van der Waals surface area contributed by atoms with Crippen LogP contribution in [-0.2, 0) is 6.42 Å². The molecule has 0 fully saturated rings. The SMILES string of the molecule is O=C(NC1c2ccccc2CC1O)c1[nH]ncc1[N+](=O)[O-]. The number of aliphatic hydroxyl groups is 1. The lowest BCUT2D eigenvalue weighted by Crippen LogP contribution is -2.34. The maximum absolute atomic E-state index is 12.1. The first kappa shape index (κ1) is 13.3. The van der Waals surface area contributed by atoms with Gasteiger partial charge >= 0.3 is 5.69 Å². The molecule has 21 heavy (non-hydrogen) atoms. The van der Waals surface area contributed by atoms with Crippen LogP contribution in [0.5, 0.6) is 0 Å². The number of benzene rings is 1. The third-order valence-corrected chi connectivity index (χ3v) is 3.53. The van der Waals surface area contributed by atoms with Gasteiger partial charge in [-0.1, -0.05) is 24.3 Å². The molecule has 2 unspecified atom stereocenters. The lowest BCUT2D eigenvalue weighted by Gasteiger charge is -2.17. The normalized spacial score (nSPS) is 20.0. The number of rotatable bonds is 3. The first-order valence-electron chi connectivity index (χ1n) is 6.32. The molecule has 1 amide bonds. The van der Waals surface area contributed by atoms with Gasteiger partial charge in [0.1, 0.15) is 6.20 Å². The Balaban J connectivity index is 1.85. The van der Waals surface area contributed by atoms with E-state index in [4.69, 9.17) is 0 Å². The molecule has 2 atom stereocenters. The van der Waals surface area contributed by atoms with E-state index in [-0.39, 0.29) is 5.69 Å². The minimum atomic E-state index is -0.756. The molecule has 108 valence electrons. The number of nitrogens with zero attached hydrogens (tertiary/aromatic N) is 2. The van der Waals surface area contributed by atoms with E-state index in [0.717, 1.165) is 17.3 Å². The number of fused-ring (bicyclic) bond motifs is 1. The summed E-state index contributed by atoms with van der Waals surface area (Å²) in [7, 11) is 0. The Morgan fingerprint density at radius 3 is 3.00 bits per heavy atom. The number of nitro groups is 1. The fourth-order valence-corrected chi connectivity index (χ4v) is 2.55. The van der Waals surface area contributed by atoms with E-state index < -0.39 is 28.7 Å². The number of hydrogen-bond donors (Lipinski definition) is 3. The average molecular weight is 288 g/mol. The number of H-pyrrole nitrogens is 1. The highest BCUT2D eigenvalue weighted by Crippen LogP contribution is 2.31. The van der Waals surface area contributed by atoms with Crippen LogP contribution in [0.15, 0.2) is 30.5 Å². The number of aromatic amines is 1. The van der Waals surface area contributed by atoms with Crippen molar-refractivity contribution in [3.05, 3.63) is 57.4 Å². The van der Waals surface area contributed by atoms with Crippen molar-refractivity contribution in [3.8, 4) is 0 Å². The van der Waals surface area contributed by atoms with E-state index in [1.54, 1.807) is 0 Å². The van der Waals surface area contributed by atoms with Gasteiger partial charge < -0.3 is 10.4 Å². The van der Waals surface area contributed by atoms with E-state index in [1.807, 2.05) is 24.3 Å². The predicted octanol–water partition coefficient (Wildman–Crippen LogP) is 0.706. The van der Waals surface area contributed by atoms with Gasteiger partial charge in [0.05, 0.1) is 17.1 Å². The lowest BCUT2D eigenvalue weighted by atomic mass is 10.1. The molecular weight excluding hydrogens is 276 g/mol. The number of aromatic nitrogens is 2. The summed E-state index contributed by atoms with van der Waals surface area (Å²) in [6, 6.07) is 6.78. The number of hydrogen-bond acceptors (Lipinski definition) is 5. The average Bonchev–Trinajstić information content (AvgIpc) is 3.04. The third-order valence-electron chi connectivity index (χ3n) is 3.53. The second-order valence-corrected chi connectivity index (χ2v) is 4.81. The molecule has 1 aliphatic carbocycles. The zero-order valence-corrected chi connectivity index (χ0v) is 10.8. The lowest BCUT2D eigenvalue weighted by molar-refractivity contribution is -0.385. The highest BCUT2D eigenvalue weighted by Gasteiger charge is 2.34. The summed E-state index contributed by atoms with van der Waals surface area (Å²) in [6.45, 7) is 0. The van der Waals surface area contributed by atoms with E-state index in [1.165, 1.54) is 0 Å². The highest BCUT2D eigenvalue weighted by atomic mass is 16.6. The number of amides is 1. The van der Waals surface area contributed by atoms with Crippen LogP contribution >= 0.6 is 0 Å². The topological polar surface area (TPSA) is 121 Å². The van der Waals surface area contributed by atoms with Crippen LogP contribution in [0.4, 0.5) is 5.69 Å². The maximum Gasteiger partial charge on any atom is 0.319 e. The van der Waals surface area contributed by atoms with Gasteiger partial charge in [0, 0.05) is 6.42 Å². The summed E-state index contributed by atoms with van der Waals surface area (Å²) in [4.78, 5) is 22.3. The Hall–Kier alpha value is -2.74. The fourth-order valence-electron chi connectivity index (χ4n) is 2.55. The molecule has 2 aromatic rings. The fraction of sp³-hybridized carbons (Fsp3) is 0.231. The van der Waals surface area contributed by atoms with Crippen LogP contribution in [0, 0.1) is 10.1 Å². The number of nitrogens with one attached hydrogen (secondary N) is 2. The molecule has 8 heteroatoms. The number of carbonyl (C=O) groups excluding carboxylic acids is 1. The van der Waals surface area contributed by atoms with Crippen LogP contribution in [0.2, 0.25) is 0 Å². The molecule has 3 rings (SSSR count). The first-order chi connectivity index (χ1) is 10.1. The second kappa shape index (κ2) is 4.98. The smallest absolute Gasteiger partial charge is 0.319 e. The van der Waals surface area contributed by atoms with Crippen molar-refractivity contribution in [2.24, 2.45) is 0 Å². The molecule has 1 aromatic carbocycles. The zero-order chi connectivity index (χ0) is 15.0. The minimum Gasteiger partial charge on any atom is -0.390 e. The maximum atomic E-state index is 12.1. The van der Waals surface area contributed by atoms with E-state index >= 15 is 0 Å². The van der Waals surface area contributed by atoms with Crippen molar-refractivity contribution in [3.63, 3.8) is 0 Å². The van der Waals surface area contributed by atoms with Gasteiger partial charge in [0.15, 0.2) is 0 Å². The molecule has 0 radical (unpaired) electrons. The molecule has 0 spiro atoms. The molecule has 0 saturated carbocycles. The first-order valence-corrected chi connectivity index (χ1v) is 6.32. The summed E-state index contributed by atoms with van der Waals surface area (Å²) in [5.74, 6) is -0.667. The molecule has 1 aromatic heterocycles. The van der Waals surface area contributed by atoms with Gasteiger partial charge in [0.25, 0.3) is 5.91 Å². The van der Waals surface area contributed by atoms with E-state index in [2.05, 4.69) is 15.5 Å². The van der Waals surface area contributed by atoms with E-state index in [9.17, 15) is 20.0 Å². The molecule has 8 nitrogen and oxygen atoms in total. The number of aliphatic hydroxyl groups excluding tert-OH is 1. The number of carbonyl (C=O) groups is 1. The molecule has 0 bridgehead atoms. The molecule has 0 saturated heterocycles. The Bertz CT molecular complexity index is 712. The Morgan fingerprint density at radius 1 is 1.48 bits per heavy atom. The summed E-state index contributed by atoms with van der Waals surface area (Å²) in [5.41, 5.74) is 1.15. The van der Waals surface area contributed by atoms with Crippen LogP contribution in [0.25, 0.3) is 0 Å². The second-order valence-electron chi connectivity index (χ2n) is 4.81. The van der Waals surface area contributed by atoms with Gasteiger partial charge in [0.2, 0.25) is 5.69 Å². The van der Waals surface area contributed by atoms with Crippen LogP contribution in [-0.4, -0.2) is 32.2 Å². The Morgan fingerprint density at radius 2 is 2.24 bits per heavy atom. The molecule has 0 aliphatic heterocycles. The Kier molecular flexibility index (Phi) is 3.15. The van der Waals surface area contributed by atoms with Gasteiger partial charge in [-0.05, 0) is 11.1 Å². The third kappa shape index (κ3) is 2.25. The van der Waals surface area contributed by atoms with Crippen molar-refractivity contribution < 1.29 is 14.8 Å². The van der Waals surface area contributed by atoms with Crippen LogP contribution < -0.4 is 5.32 Å². The van der Waals surface area contributed by atoms with Gasteiger partial charge in [-0.2, -0.15) is 5.10 Å². The quantitative estimate of drug-likeness (QED) is 0.567. The zero-order valence-electron chi connectivity index (χ0n) is 10.8. The van der Waals surface area contributed by atoms with Gasteiger partial charge in [-0.25, -0.2) is 0 Å². The Labute approximate surface area is 118 Å². The van der Waals surface area contributed by atoms with Crippen molar-refractivity contribution in [1.82, 2.24) is 15.5 Å². The van der Waals surface area contributed by atoms with Crippen molar-refractivity contribution in [1.29, 1.82) is 0 Å². The standard InChI is InChI=1S/C13H12N4O4/c18-10-5-7-3-1-2-4-8(7)11(10)15-13(19)12-9(17(20)21)6-14-16-12/h1-4,6,10-11,18H,5H2,(H,14,16)(H,15,19). The van der Waals surface area contributed by atoms with Gasteiger partial charge in [-0.3, -0.25) is 20.0 Å². The largest absolute Gasteiger partial charge is 0.390 e. The highest BCUT2D eigenvalue weighted by molar-refractivity contribution is 5.96. The van der Waals surface area contributed by atoms with Gasteiger partial charge in [-0.15, -0.1) is 0 Å². The molecule has 1 aliphatic rings. The molecular formula is C13H12N4O4. The predicted molar refractivity (Wildman–Crippen MR) is 71.6 cm³/mol. The monoisotopic (exact) mass is 288 g/mol. The summed E-state index contributed by atoms with van der Waals surface area (Å²) in [5, 5.41) is 29.3. The summed E-state index contributed by atoms with van der Waals surface area (Å²) >= 11 is 0. The van der Waals surface area contributed by atoms with Crippen LogP contribution in [0.1, 0.15) is 27.7 Å². The van der Waals surface area contributed by atoms with Crippen molar-refractivity contribution in [2.75, 3.05) is 0 Å². The minimum absolute atomic E-state index is 0.225.